The van der Waals surface area contributed by atoms with Crippen molar-refractivity contribution in [2.24, 2.45) is 0 Å². The molecule has 7 nitrogen and oxygen atoms in total. The number of sulfonamides is 1. The summed E-state index contributed by atoms with van der Waals surface area (Å²) in [6.45, 7) is -0.424. The van der Waals surface area contributed by atoms with Crippen LogP contribution in [0.25, 0.3) is 0 Å². The Balaban J connectivity index is 3.08. The van der Waals surface area contributed by atoms with Gasteiger partial charge in [0.1, 0.15) is 6.54 Å². The predicted molar refractivity (Wildman–Crippen MR) is 71.4 cm³/mol. The molecule has 0 aliphatic heterocycles. The van der Waals surface area contributed by atoms with E-state index in [2.05, 4.69) is 4.74 Å². The average molecular weight is 321 g/mol. The van der Waals surface area contributed by atoms with Gasteiger partial charge in [0, 0.05) is 13.3 Å². The molecule has 0 aliphatic rings. The fourth-order valence-corrected chi connectivity index (χ4v) is 3.12. The van der Waals surface area contributed by atoms with Gasteiger partial charge in [-0.2, -0.15) is 4.31 Å². The van der Waals surface area contributed by atoms with Crippen molar-refractivity contribution in [3.8, 4) is 0 Å². The maximum Gasteiger partial charge on any atom is 0.321 e. The molecule has 0 heterocycles. The van der Waals surface area contributed by atoms with Crippen LogP contribution in [0, 0.1) is 0 Å². The van der Waals surface area contributed by atoms with Crippen molar-refractivity contribution in [1.29, 1.82) is 0 Å². The van der Waals surface area contributed by atoms with Gasteiger partial charge in [0.2, 0.25) is 10.0 Å². The minimum Gasteiger partial charge on any atom is -0.468 e. The highest BCUT2D eigenvalue weighted by Gasteiger charge is 2.23. The molecule has 0 saturated heterocycles. The van der Waals surface area contributed by atoms with E-state index in [9.17, 15) is 21.6 Å². The number of likely N-dealkylation sites (N-methyl/N-ethyl adjacent to an activating group) is 1. The minimum atomic E-state index is -3.87. The van der Waals surface area contributed by atoms with Gasteiger partial charge >= 0.3 is 5.97 Å². The molecule has 9 heteroatoms. The summed E-state index contributed by atoms with van der Waals surface area (Å²) in [5, 5.41) is 0. The molecule has 0 amide bonds. The topological polar surface area (TPSA) is 97.8 Å². The van der Waals surface area contributed by atoms with Crippen LogP contribution >= 0.6 is 0 Å². The van der Waals surface area contributed by atoms with E-state index in [1.165, 1.54) is 31.3 Å². The zero-order valence-corrected chi connectivity index (χ0v) is 12.9. The Morgan fingerprint density at radius 1 is 1.10 bits per heavy atom. The van der Waals surface area contributed by atoms with Crippen LogP contribution in [0.2, 0.25) is 0 Å². The van der Waals surface area contributed by atoms with Crippen molar-refractivity contribution >= 4 is 25.8 Å². The largest absolute Gasteiger partial charge is 0.468 e. The van der Waals surface area contributed by atoms with Crippen molar-refractivity contribution in [2.45, 2.75) is 9.79 Å². The Labute approximate surface area is 118 Å². The van der Waals surface area contributed by atoms with E-state index in [1.54, 1.807) is 0 Å². The normalized spacial score (nSPS) is 12.4. The van der Waals surface area contributed by atoms with Crippen molar-refractivity contribution in [3.63, 3.8) is 0 Å². The molecule has 1 aromatic carbocycles. The SMILES string of the molecule is COC(=O)CN(C)S(=O)(=O)c1ccc(S(C)(=O)=O)cc1. The number of sulfone groups is 1. The van der Waals surface area contributed by atoms with Crippen molar-refractivity contribution < 1.29 is 26.4 Å². The second-order valence-corrected chi connectivity index (χ2v) is 8.14. The highest BCUT2D eigenvalue weighted by Crippen LogP contribution is 2.17. The standard InChI is InChI=1S/C11H15NO6S2/c1-12(8-11(13)18-2)20(16,17)10-6-4-9(5-7-10)19(3,14)15/h4-7H,8H2,1-3H3. The van der Waals surface area contributed by atoms with Crippen LogP contribution in [0.15, 0.2) is 34.1 Å². The smallest absolute Gasteiger partial charge is 0.321 e. The van der Waals surface area contributed by atoms with E-state index >= 15 is 0 Å². The molecule has 1 rings (SSSR count). The van der Waals surface area contributed by atoms with Gasteiger partial charge in [-0.1, -0.05) is 0 Å². The molecule has 0 radical (unpaired) electrons. The maximum atomic E-state index is 12.1. The molecule has 0 aliphatic carbocycles. The van der Waals surface area contributed by atoms with Crippen molar-refractivity contribution in [3.05, 3.63) is 24.3 Å². The number of esters is 1. The van der Waals surface area contributed by atoms with Gasteiger partial charge in [-0.25, -0.2) is 16.8 Å². The fourth-order valence-electron chi connectivity index (χ4n) is 1.37. The Hall–Kier alpha value is -1.45. The molecule has 0 saturated carbocycles. The van der Waals surface area contributed by atoms with E-state index in [0.29, 0.717) is 0 Å². The van der Waals surface area contributed by atoms with Gasteiger partial charge < -0.3 is 4.74 Å². The highest BCUT2D eigenvalue weighted by molar-refractivity contribution is 7.90. The third kappa shape index (κ3) is 3.78. The first kappa shape index (κ1) is 16.6. The van der Waals surface area contributed by atoms with Crippen LogP contribution in [0.4, 0.5) is 0 Å². The molecule has 0 N–H and O–H groups in total. The highest BCUT2D eigenvalue weighted by atomic mass is 32.2. The third-order valence-electron chi connectivity index (χ3n) is 2.54. The molecule has 0 atom stereocenters. The number of benzene rings is 1. The monoisotopic (exact) mass is 321 g/mol. The zero-order chi connectivity index (χ0) is 15.6. The van der Waals surface area contributed by atoms with Crippen molar-refractivity contribution in [2.75, 3.05) is 27.0 Å². The number of carbonyl (C=O) groups is 1. The summed E-state index contributed by atoms with van der Waals surface area (Å²) >= 11 is 0. The predicted octanol–water partition coefficient (Wildman–Crippen LogP) is -0.116. The summed E-state index contributed by atoms with van der Waals surface area (Å²) in [6, 6.07) is 4.77. The van der Waals surface area contributed by atoms with Crippen LogP contribution in [0.5, 0.6) is 0 Å². The number of methoxy groups -OCH3 is 1. The van der Waals surface area contributed by atoms with Gasteiger partial charge in [0.25, 0.3) is 0 Å². The summed E-state index contributed by atoms with van der Waals surface area (Å²) in [5.74, 6) is -0.691. The lowest BCUT2D eigenvalue weighted by Crippen LogP contribution is -2.32. The molecule has 0 fully saturated rings. The van der Waals surface area contributed by atoms with Gasteiger partial charge in [-0.3, -0.25) is 4.79 Å². The van der Waals surface area contributed by atoms with Gasteiger partial charge in [0.05, 0.1) is 16.9 Å². The zero-order valence-electron chi connectivity index (χ0n) is 11.2. The summed E-state index contributed by atoms with van der Waals surface area (Å²) in [4.78, 5) is 11.0. The van der Waals surface area contributed by atoms with Crippen LogP contribution in [0.1, 0.15) is 0 Å². The fraction of sp³-hybridized carbons (Fsp3) is 0.364. The first-order valence-electron chi connectivity index (χ1n) is 5.42. The summed E-state index contributed by atoms with van der Waals surface area (Å²) < 4.78 is 52.0. The lowest BCUT2D eigenvalue weighted by atomic mass is 10.4. The number of carbonyl (C=O) groups excluding carboxylic acids is 1. The first-order chi connectivity index (χ1) is 9.09. The molecule has 20 heavy (non-hydrogen) atoms. The second-order valence-electron chi connectivity index (χ2n) is 4.08. The Kier molecular flexibility index (Phi) is 4.90. The van der Waals surface area contributed by atoms with Gasteiger partial charge in [-0.15, -0.1) is 0 Å². The number of hydrogen-bond donors (Lipinski definition) is 0. The third-order valence-corrected chi connectivity index (χ3v) is 5.49. The lowest BCUT2D eigenvalue weighted by Gasteiger charge is -2.15. The van der Waals surface area contributed by atoms with Crippen LogP contribution < -0.4 is 0 Å². The molecule has 112 valence electrons. The number of ether oxygens (including phenoxy) is 1. The molecule has 1 aromatic rings. The first-order valence-corrected chi connectivity index (χ1v) is 8.75. The Morgan fingerprint density at radius 3 is 1.95 bits per heavy atom. The maximum absolute atomic E-state index is 12.1. The minimum absolute atomic E-state index is 0.0204. The number of rotatable bonds is 5. The quantitative estimate of drug-likeness (QED) is 0.702. The van der Waals surface area contributed by atoms with E-state index in [4.69, 9.17) is 0 Å². The van der Waals surface area contributed by atoms with E-state index in [-0.39, 0.29) is 9.79 Å². The molecular weight excluding hydrogens is 306 g/mol. The lowest BCUT2D eigenvalue weighted by molar-refractivity contribution is -0.140. The van der Waals surface area contributed by atoms with E-state index < -0.39 is 32.4 Å². The Bertz CT molecular complexity index is 691. The van der Waals surface area contributed by atoms with Crippen LogP contribution in [0.3, 0.4) is 0 Å². The molecule has 0 bridgehead atoms. The summed E-state index contributed by atoms with van der Waals surface area (Å²) in [7, 11) is -4.87. The summed E-state index contributed by atoms with van der Waals surface area (Å²) in [6.07, 6.45) is 1.03. The van der Waals surface area contributed by atoms with E-state index in [0.717, 1.165) is 17.7 Å². The number of nitrogens with zero attached hydrogens (tertiary/aromatic N) is 1. The Morgan fingerprint density at radius 2 is 1.55 bits per heavy atom. The molecule has 0 spiro atoms. The van der Waals surface area contributed by atoms with Crippen LogP contribution in [-0.2, 0) is 29.4 Å². The van der Waals surface area contributed by atoms with Crippen LogP contribution in [-0.4, -0.2) is 54.1 Å². The van der Waals surface area contributed by atoms with Crippen molar-refractivity contribution in [1.82, 2.24) is 4.31 Å². The van der Waals surface area contributed by atoms with E-state index in [1.807, 2.05) is 0 Å². The molecule has 0 aromatic heterocycles. The van der Waals surface area contributed by atoms with Gasteiger partial charge in [-0.05, 0) is 24.3 Å². The molecular formula is C11H15NO6S2. The second kappa shape index (κ2) is 5.90. The average Bonchev–Trinajstić information content (AvgIpc) is 2.37. The molecule has 0 unspecified atom stereocenters. The number of hydrogen-bond acceptors (Lipinski definition) is 6. The van der Waals surface area contributed by atoms with Gasteiger partial charge in [0.15, 0.2) is 9.84 Å². The summed E-state index contributed by atoms with van der Waals surface area (Å²) in [5.41, 5.74) is 0.